The van der Waals surface area contributed by atoms with Gasteiger partial charge in [0.05, 0.1) is 5.21 Å². The maximum atomic E-state index is 8.49. The van der Waals surface area contributed by atoms with Gasteiger partial charge in [0.2, 0.25) is 0 Å². The van der Waals surface area contributed by atoms with Gasteiger partial charge in [-0.2, -0.15) is 0 Å². The van der Waals surface area contributed by atoms with Gasteiger partial charge in [-0.05, 0) is 6.92 Å². The van der Waals surface area contributed by atoms with Crippen LogP contribution < -0.4 is 23.3 Å². The predicted molar refractivity (Wildman–Crippen MR) is 29.1 cm³/mol. The number of hydrogen-bond donors (Lipinski definition) is 0. The molecule has 0 amide bonds. The second-order valence-electron chi connectivity index (χ2n) is 2.09. The number of halogens is 1. The van der Waals surface area contributed by atoms with Gasteiger partial charge in [0, 0.05) is 0 Å². The molecule has 1 aromatic rings. The zero-order chi connectivity index (χ0) is 10.5. The van der Waals surface area contributed by atoms with Crippen LogP contribution in [-0.4, -0.2) is 9.90 Å². The lowest BCUT2D eigenvalue weighted by atomic mass is 10.7. The molecule has 1 heterocycles. The van der Waals surface area contributed by atoms with Crippen LogP contribution in [0.5, 0.6) is 0 Å². The third kappa shape index (κ3) is 9.18. The fourth-order valence-corrected chi connectivity index (χ4v) is 0.583. The summed E-state index contributed by atoms with van der Waals surface area (Å²) in [6.07, 6.45) is 3.86. The summed E-state index contributed by atoms with van der Waals surface area (Å²) < 4.78 is 37.6. The fourth-order valence-electron chi connectivity index (χ4n) is 0.583. The van der Waals surface area contributed by atoms with Crippen LogP contribution in [0.1, 0.15) is 6.92 Å². The average molecular weight is 212 g/mol. The quantitative estimate of drug-likeness (QED) is 0.432. The Morgan fingerprint density at radius 2 is 1.85 bits per heavy atom. The van der Waals surface area contributed by atoms with E-state index in [2.05, 4.69) is 12.1 Å². The summed E-state index contributed by atoms with van der Waals surface area (Å²) in [6, 6.07) is 0. The van der Waals surface area contributed by atoms with Crippen LogP contribution in [0.4, 0.5) is 0 Å². The van der Waals surface area contributed by atoms with E-state index < -0.39 is 10.2 Å². The van der Waals surface area contributed by atoms with E-state index in [1.54, 1.807) is 4.68 Å². The van der Waals surface area contributed by atoms with Gasteiger partial charge < -0.3 is 0 Å². The van der Waals surface area contributed by atoms with Gasteiger partial charge in [0.25, 0.3) is 0 Å². The predicted octanol–water partition coefficient (Wildman–Crippen LogP) is -5.03. The highest BCUT2D eigenvalue weighted by molar-refractivity contribution is 4.55. The molecule has 0 radical (unpaired) electrons. The Bertz CT molecular complexity index is 240. The zero-order valence-electron chi connectivity index (χ0n) is 7.21. The van der Waals surface area contributed by atoms with Crippen molar-refractivity contribution in [1.82, 2.24) is 9.90 Å². The third-order valence-electron chi connectivity index (χ3n) is 1.03. The van der Waals surface area contributed by atoms with Crippen molar-refractivity contribution >= 4 is 0 Å². The van der Waals surface area contributed by atoms with E-state index in [0.717, 1.165) is 6.54 Å². The number of rotatable bonds is 1. The molecule has 0 fully saturated rings. The molecule has 0 aliphatic carbocycles. The van der Waals surface area contributed by atoms with Gasteiger partial charge >= 0.3 is 0 Å². The normalized spacial score (nSPS) is 10.6. The molecule has 0 N–H and O–H groups in total. The monoisotopic (exact) mass is 211 g/mol. The van der Waals surface area contributed by atoms with Crippen molar-refractivity contribution in [2.24, 2.45) is 7.05 Å². The first kappa shape index (κ1) is 12.3. The SMILES string of the molecule is CCn1cc[n+](C)n1.[O-][Cl+3]([O-])([O-])[O-]. The van der Waals surface area contributed by atoms with Crippen molar-refractivity contribution < 1.29 is 33.6 Å². The largest absolute Gasteiger partial charge is 0.222 e. The van der Waals surface area contributed by atoms with Crippen molar-refractivity contribution in [3.05, 3.63) is 12.4 Å². The fraction of sp³-hybridized carbons (Fsp3) is 0.600. The van der Waals surface area contributed by atoms with Crippen molar-refractivity contribution in [1.29, 1.82) is 0 Å². The molecule has 0 unspecified atom stereocenters. The number of nitrogens with zero attached hydrogens (tertiary/aromatic N) is 3. The van der Waals surface area contributed by atoms with E-state index in [-0.39, 0.29) is 0 Å². The molecule has 1 rings (SSSR count). The molecule has 0 saturated carbocycles. The van der Waals surface area contributed by atoms with Crippen molar-refractivity contribution in [2.45, 2.75) is 13.5 Å². The minimum absolute atomic E-state index is 0.945. The second-order valence-corrected chi connectivity index (χ2v) is 2.85. The summed E-state index contributed by atoms with van der Waals surface area (Å²) in [7, 11) is -3.04. The lowest BCUT2D eigenvalue weighted by Crippen LogP contribution is -2.68. The van der Waals surface area contributed by atoms with Crippen molar-refractivity contribution in [3.63, 3.8) is 0 Å². The summed E-state index contributed by atoms with van der Waals surface area (Å²) in [5, 5.41) is 4.06. The van der Waals surface area contributed by atoms with E-state index in [4.69, 9.17) is 18.6 Å². The first-order valence-corrected chi connectivity index (χ1v) is 4.57. The van der Waals surface area contributed by atoms with Gasteiger partial charge in [-0.3, -0.25) is 0 Å². The molecule has 0 aromatic carbocycles. The van der Waals surface area contributed by atoms with Crippen LogP contribution in [0.2, 0.25) is 0 Å². The molecule has 7 nitrogen and oxygen atoms in total. The van der Waals surface area contributed by atoms with Gasteiger partial charge in [-0.1, -0.05) is 0 Å². The molecule has 0 aliphatic heterocycles. The summed E-state index contributed by atoms with van der Waals surface area (Å²) in [6.45, 7) is 3.01. The molecule has 0 saturated heterocycles. The van der Waals surface area contributed by atoms with E-state index in [1.165, 1.54) is 0 Å². The van der Waals surface area contributed by atoms with E-state index >= 15 is 0 Å². The Morgan fingerprint density at radius 3 is 2.00 bits per heavy atom. The van der Waals surface area contributed by atoms with Gasteiger partial charge in [-0.25, -0.2) is 18.6 Å². The van der Waals surface area contributed by atoms with Crippen LogP contribution in [0.3, 0.4) is 0 Å². The minimum atomic E-state index is -4.94. The highest BCUT2D eigenvalue weighted by atomic mass is 35.7. The molecule has 1 aromatic heterocycles. The topological polar surface area (TPSA) is 114 Å². The Kier molecular flexibility index (Phi) is 4.81. The average Bonchev–Trinajstić information content (AvgIpc) is 2.31. The summed E-state index contributed by atoms with van der Waals surface area (Å²) in [4.78, 5) is 0. The Hall–Kier alpha value is -0.730. The van der Waals surface area contributed by atoms with Crippen molar-refractivity contribution in [3.8, 4) is 0 Å². The molecular formula is C5H10ClN3O4. The molecular weight excluding hydrogens is 202 g/mol. The third-order valence-corrected chi connectivity index (χ3v) is 1.03. The lowest BCUT2D eigenvalue weighted by Gasteiger charge is -2.17. The van der Waals surface area contributed by atoms with Gasteiger partial charge in [-0.15, -0.1) is 19.6 Å². The highest BCUT2D eigenvalue weighted by Gasteiger charge is 1.94. The van der Waals surface area contributed by atoms with Gasteiger partial charge in [0.15, 0.2) is 12.4 Å². The number of aromatic nitrogens is 3. The van der Waals surface area contributed by atoms with Crippen LogP contribution in [-0.2, 0) is 13.6 Å². The summed E-state index contributed by atoms with van der Waals surface area (Å²) in [5.74, 6) is 0. The van der Waals surface area contributed by atoms with Crippen LogP contribution in [0.25, 0.3) is 0 Å². The minimum Gasteiger partial charge on any atom is -0.222 e. The van der Waals surface area contributed by atoms with Gasteiger partial charge in [0.1, 0.15) is 13.6 Å². The molecule has 76 valence electrons. The first-order valence-electron chi connectivity index (χ1n) is 3.34. The Labute approximate surface area is 77.2 Å². The molecule has 0 atom stereocenters. The van der Waals surface area contributed by atoms with Crippen LogP contribution >= 0.6 is 0 Å². The molecule has 0 aliphatic rings. The lowest BCUT2D eigenvalue weighted by molar-refractivity contribution is -2.00. The van der Waals surface area contributed by atoms with E-state index in [9.17, 15) is 0 Å². The smallest absolute Gasteiger partial charge is 0.155 e. The Balaban J connectivity index is 0.000000252. The van der Waals surface area contributed by atoms with E-state index in [1.807, 2.05) is 24.1 Å². The first-order chi connectivity index (χ1) is 5.83. The number of hydrogen-bond acceptors (Lipinski definition) is 5. The maximum absolute atomic E-state index is 8.49. The zero-order valence-corrected chi connectivity index (χ0v) is 7.97. The van der Waals surface area contributed by atoms with Crippen molar-refractivity contribution in [2.75, 3.05) is 0 Å². The van der Waals surface area contributed by atoms with E-state index in [0.29, 0.717) is 0 Å². The maximum Gasteiger partial charge on any atom is 0.155 e. The molecule has 0 spiro atoms. The summed E-state index contributed by atoms with van der Waals surface area (Å²) >= 11 is 0. The molecule has 13 heavy (non-hydrogen) atoms. The summed E-state index contributed by atoms with van der Waals surface area (Å²) in [5.41, 5.74) is 0. The molecule has 0 bridgehead atoms. The standard InChI is InChI=1S/C5H10N3.ClHO4/c1-3-8-5-4-7(2)6-8;2-1(3,4)5/h4-5H,3H2,1-2H3;(H,2,3,4,5)/q+1;/p-1. The number of aryl methyl sites for hydroxylation is 2. The Morgan fingerprint density at radius 1 is 1.38 bits per heavy atom. The molecule has 8 heteroatoms. The van der Waals surface area contributed by atoms with Crippen LogP contribution in [0.15, 0.2) is 12.4 Å². The highest BCUT2D eigenvalue weighted by Crippen LogP contribution is 1.73. The van der Waals surface area contributed by atoms with Crippen LogP contribution in [0, 0.1) is 10.2 Å². The second kappa shape index (κ2) is 5.10.